The number of aromatic carboxylic acids is 1. The van der Waals surface area contributed by atoms with Crippen LogP contribution in [-0.4, -0.2) is 22.5 Å². The first-order valence-electron chi connectivity index (χ1n) is 6.11. The molecule has 6 heteroatoms. The minimum Gasteiger partial charge on any atom is -0.478 e. The maximum atomic E-state index is 11.4. The zero-order chi connectivity index (χ0) is 14.9. The molecule has 1 aromatic heterocycles. The van der Waals surface area contributed by atoms with Gasteiger partial charge >= 0.3 is 5.97 Å². The zero-order valence-electron chi connectivity index (χ0n) is 11.3. The van der Waals surface area contributed by atoms with Crippen LogP contribution < -0.4 is 11.1 Å². The second kappa shape index (κ2) is 4.97. The third-order valence-corrected chi connectivity index (χ3v) is 3.19. The minimum absolute atomic E-state index is 0.103. The second-order valence-corrected chi connectivity index (χ2v) is 5.04. The van der Waals surface area contributed by atoms with Gasteiger partial charge in [-0.05, 0) is 19.9 Å². The fourth-order valence-electron chi connectivity index (χ4n) is 1.84. The Kier molecular flexibility index (Phi) is 3.50. The largest absolute Gasteiger partial charge is 0.478 e. The number of primary amides is 1. The number of benzene rings is 1. The Hall–Kier alpha value is -2.34. The van der Waals surface area contributed by atoms with E-state index in [-0.39, 0.29) is 17.9 Å². The first-order valence-corrected chi connectivity index (χ1v) is 6.11. The molecular weight excluding hydrogens is 260 g/mol. The van der Waals surface area contributed by atoms with Crippen molar-refractivity contribution >= 4 is 22.8 Å². The molecule has 0 fully saturated rings. The van der Waals surface area contributed by atoms with Gasteiger partial charge in [0.1, 0.15) is 16.9 Å². The molecule has 6 nitrogen and oxygen atoms in total. The molecule has 20 heavy (non-hydrogen) atoms. The fourth-order valence-corrected chi connectivity index (χ4v) is 1.84. The van der Waals surface area contributed by atoms with E-state index >= 15 is 0 Å². The molecule has 0 atom stereocenters. The number of hydrogen-bond donors (Lipinski definition) is 3. The predicted molar refractivity (Wildman–Crippen MR) is 73.3 cm³/mol. The van der Waals surface area contributed by atoms with E-state index in [0.717, 1.165) is 0 Å². The number of furan rings is 1. The molecule has 0 aliphatic rings. The maximum Gasteiger partial charge on any atom is 0.339 e. The van der Waals surface area contributed by atoms with Crippen molar-refractivity contribution in [2.75, 3.05) is 0 Å². The first-order chi connectivity index (χ1) is 9.33. The summed E-state index contributed by atoms with van der Waals surface area (Å²) in [7, 11) is 0. The Bertz CT molecular complexity index is 673. The third kappa shape index (κ3) is 2.50. The van der Waals surface area contributed by atoms with Crippen molar-refractivity contribution in [3.8, 4) is 0 Å². The van der Waals surface area contributed by atoms with E-state index in [2.05, 4.69) is 5.32 Å². The van der Waals surface area contributed by atoms with E-state index in [9.17, 15) is 14.7 Å². The van der Waals surface area contributed by atoms with Crippen LogP contribution in [0.2, 0.25) is 0 Å². The Morgan fingerprint density at radius 2 is 2.00 bits per heavy atom. The standard InChI is InChI=1S/C14H16N2O4/c1-14(2,13(15)19)16-7-10-11(12(17)18)8-5-3-4-6-9(8)20-10/h3-6,16H,7H2,1-2H3,(H2,15,19)(H,17,18). The van der Waals surface area contributed by atoms with Gasteiger partial charge in [-0.25, -0.2) is 4.79 Å². The quantitative estimate of drug-likeness (QED) is 0.767. The molecule has 2 aromatic rings. The average Bonchev–Trinajstić information content (AvgIpc) is 2.74. The molecule has 0 spiro atoms. The lowest BCUT2D eigenvalue weighted by molar-refractivity contribution is -0.123. The molecule has 2 rings (SSSR count). The van der Waals surface area contributed by atoms with E-state index in [4.69, 9.17) is 10.2 Å². The Morgan fingerprint density at radius 3 is 2.60 bits per heavy atom. The summed E-state index contributed by atoms with van der Waals surface area (Å²) in [5, 5.41) is 12.7. The monoisotopic (exact) mass is 276 g/mol. The summed E-state index contributed by atoms with van der Waals surface area (Å²) >= 11 is 0. The van der Waals surface area contributed by atoms with Crippen LogP contribution in [0.15, 0.2) is 28.7 Å². The van der Waals surface area contributed by atoms with Gasteiger partial charge in [0.2, 0.25) is 5.91 Å². The van der Waals surface area contributed by atoms with Gasteiger partial charge in [0, 0.05) is 5.39 Å². The van der Waals surface area contributed by atoms with Gasteiger partial charge in [-0.2, -0.15) is 0 Å². The predicted octanol–water partition coefficient (Wildman–Crippen LogP) is 1.48. The van der Waals surface area contributed by atoms with E-state index in [1.807, 2.05) is 0 Å². The van der Waals surface area contributed by atoms with Crippen LogP contribution in [0.1, 0.15) is 30.0 Å². The third-order valence-electron chi connectivity index (χ3n) is 3.19. The summed E-state index contributed by atoms with van der Waals surface area (Å²) in [6, 6.07) is 6.90. The highest BCUT2D eigenvalue weighted by molar-refractivity contribution is 6.03. The number of nitrogens with one attached hydrogen (secondary N) is 1. The molecule has 106 valence electrons. The SMILES string of the molecule is CC(C)(NCc1oc2ccccc2c1C(=O)O)C(N)=O. The van der Waals surface area contributed by atoms with Crippen molar-refractivity contribution in [2.45, 2.75) is 25.9 Å². The number of carboxylic acids is 1. The number of rotatable bonds is 5. The Balaban J connectivity index is 2.37. The van der Waals surface area contributed by atoms with Crippen LogP contribution in [0.3, 0.4) is 0 Å². The number of nitrogens with two attached hydrogens (primary N) is 1. The lowest BCUT2D eigenvalue weighted by Crippen LogP contribution is -2.50. The lowest BCUT2D eigenvalue weighted by atomic mass is 10.0. The molecule has 0 radical (unpaired) electrons. The summed E-state index contributed by atoms with van der Waals surface area (Å²) < 4.78 is 5.54. The van der Waals surface area contributed by atoms with Gasteiger partial charge in [-0.1, -0.05) is 18.2 Å². The van der Waals surface area contributed by atoms with Crippen LogP contribution in [0, 0.1) is 0 Å². The number of amides is 1. The second-order valence-electron chi connectivity index (χ2n) is 5.04. The summed E-state index contributed by atoms with van der Waals surface area (Å²) in [5.41, 5.74) is 4.91. The number of fused-ring (bicyclic) bond motifs is 1. The maximum absolute atomic E-state index is 11.4. The van der Waals surface area contributed by atoms with Gasteiger partial charge in [-0.15, -0.1) is 0 Å². The highest BCUT2D eigenvalue weighted by Gasteiger charge is 2.26. The number of para-hydroxylation sites is 1. The molecule has 0 aliphatic heterocycles. The van der Waals surface area contributed by atoms with Crippen molar-refractivity contribution in [2.24, 2.45) is 5.73 Å². The highest BCUT2D eigenvalue weighted by Crippen LogP contribution is 2.26. The van der Waals surface area contributed by atoms with Gasteiger partial charge in [-0.3, -0.25) is 10.1 Å². The lowest BCUT2D eigenvalue weighted by Gasteiger charge is -2.21. The van der Waals surface area contributed by atoms with Crippen molar-refractivity contribution in [1.82, 2.24) is 5.32 Å². The molecule has 1 heterocycles. The van der Waals surface area contributed by atoms with Gasteiger partial charge in [0.15, 0.2) is 0 Å². The van der Waals surface area contributed by atoms with Crippen molar-refractivity contribution in [1.29, 1.82) is 0 Å². The smallest absolute Gasteiger partial charge is 0.339 e. The number of carbonyl (C=O) groups excluding carboxylic acids is 1. The van der Waals surface area contributed by atoms with E-state index in [1.165, 1.54) is 0 Å². The zero-order valence-corrected chi connectivity index (χ0v) is 11.3. The summed E-state index contributed by atoms with van der Waals surface area (Å²) in [4.78, 5) is 22.6. The minimum atomic E-state index is -1.07. The van der Waals surface area contributed by atoms with E-state index < -0.39 is 17.4 Å². The van der Waals surface area contributed by atoms with Crippen LogP contribution in [0.25, 0.3) is 11.0 Å². The van der Waals surface area contributed by atoms with Gasteiger partial charge in [0.25, 0.3) is 0 Å². The molecule has 0 aliphatic carbocycles. The van der Waals surface area contributed by atoms with Crippen molar-refractivity contribution in [3.63, 3.8) is 0 Å². The number of carbonyl (C=O) groups is 2. The van der Waals surface area contributed by atoms with Crippen LogP contribution in [-0.2, 0) is 11.3 Å². The highest BCUT2D eigenvalue weighted by atomic mass is 16.4. The molecule has 0 unspecified atom stereocenters. The summed E-state index contributed by atoms with van der Waals surface area (Å²) in [5.74, 6) is -1.32. The van der Waals surface area contributed by atoms with Crippen molar-refractivity contribution < 1.29 is 19.1 Å². The Labute approximate surface area is 115 Å². The topological polar surface area (TPSA) is 106 Å². The van der Waals surface area contributed by atoms with E-state index in [0.29, 0.717) is 11.0 Å². The van der Waals surface area contributed by atoms with Gasteiger partial charge < -0.3 is 15.3 Å². The number of carboxylic acid groups (broad SMARTS) is 1. The summed E-state index contributed by atoms with van der Waals surface area (Å²) in [6.07, 6.45) is 0. The molecule has 1 aromatic carbocycles. The number of hydrogen-bond acceptors (Lipinski definition) is 4. The van der Waals surface area contributed by atoms with E-state index in [1.54, 1.807) is 38.1 Å². The van der Waals surface area contributed by atoms with Crippen LogP contribution >= 0.6 is 0 Å². The fraction of sp³-hybridized carbons (Fsp3) is 0.286. The molecule has 4 N–H and O–H groups in total. The molecule has 0 saturated heterocycles. The van der Waals surface area contributed by atoms with Gasteiger partial charge in [0.05, 0.1) is 12.1 Å². The molecule has 0 bridgehead atoms. The van der Waals surface area contributed by atoms with Crippen molar-refractivity contribution in [3.05, 3.63) is 35.6 Å². The Morgan fingerprint density at radius 1 is 1.35 bits per heavy atom. The van der Waals surface area contributed by atoms with Crippen LogP contribution in [0.5, 0.6) is 0 Å². The normalized spacial score (nSPS) is 11.7. The average molecular weight is 276 g/mol. The first kappa shape index (κ1) is 14.1. The summed E-state index contributed by atoms with van der Waals surface area (Å²) in [6.45, 7) is 3.35. The molecular formula is C14H16N2O4. The molecule has 0 saturated carbocycles. The van der Waals surface area contributed by atoms with Crippen LogP contribution in [0.4, 0.5) is 0 Å². The molecule has 1 amide bonds.